The summed E-state index contributed by atoms with van der Waals surface area (Å²) in [6.45, 7) is 0. The third-order valence-corrected chi connectivity index (χ3v) is 8.85. The Morgan fingerprint density at radius 2 is 1.26 bits per heavy atom. The fourth-order valence-electron chi connectivity index (χ4n) is 2.23. The molecule has 0 radical (unpaired) electrons. The van der Waals surface area contributed by atoms with Crippen LogP contribution in [-0.2, 0) is 0 Å². The standard InChI is InChI=1S/C14H3Br4Cl2NO2/c15-8-6-7(9(16)11(18)10(8)17)14(23)21(13(6)22)5-3-1-2-4(19)12(5)20/h1-3H. The normalized spacial score (nSPS) is 13.7. The van der Waals surface area contributed by atoms with E-state index >= 15 is 0 Å². The molecule has 0 atom stereocenters. The highest BCUT2D eigenvalue weighted by atomic mass is 79.9. The molecule has 3 nitrogen and oxygen atoms in total. The molecule has 1 heterocycles. The number of hydrogen-bond donors (Lipinski definition) is 0. The number of fused-ring (bicyclic) bond motifs is 1. The zero-order valence-corrected chi connectivity index (χ0v) is 18.6. The highest BCUT2D eigenvalue weighted by Gasteiger charge is 2.42. The van der Waals surface area contributed by atoms with Crippen molar-refractivity contribution in [3.63, 3.8) is 0 Å². The molecule has 118 valence electrons. The third kappa shape index (κ3) is 2.64. The predicted molar refractivity (Wildman–Crippen MR) is 105 cm³/mol. The largest absolute Gasteiger partial charge is 0.268 e. The van der Waals surface area contributed by atoms with Gasteiger partial charge in [-0.1, -0.05) is 29.3 Å². The molecule has 0 aromatic heterocycles. The molecule has 0 aliphatic carbocycles. The van der Waals surface area contributed by atoms with Gasteiger partial charge in [0.15, 0.2) is 0 Å². The Labute approximate surface area is 174 Å². The molecule has 2 amide bonds. The number of carbonyl (C=O) groups excluding carboxylic acids is 2. The van der Waals surface area contributed by atoms with Crippen LogP contribution < -0.4 is 4.90 Å². The van der Waals surface area contributed by atoms with Crippen LogP contribution in [0.3, 0.4) is 0 Å². The van der Waals surface area contributed by atoms with Gasteiger partial charge in [-0.2, -0.15) is 0 Å². The Morgan fingerprint density at radius 3 is 1.74 bits per heavy atom. The van der Waals surface area contributed by atoms with E-state index in [1.165, 1.54) is 0 Å². The van der Waals surface area contributed by atoms with Crippen molar-refractivity contribution in [2.45, 2.75) is 0 Å². The van der Waals surface area contributed by atoms with Crippen LogP contribution in [0.2, 0.25) is 10.0 Å². The number of hydrogen-bond acceptors (Lipinski definition) is 2. The summed E-state index contributed by atoms with van der Waals surface area (Å²) in [6.07, 6.45) is 0. The second-order valence-corrected chi connectivity index (χ2v) is 8.48. The summed E-state index contributed by atoms with van der Waals surface area (Å²) in [7, 11) is 0. The van der Waals surface area contributed by atoms with Crippen molar-refractivity contribution in [2.24, 2.45) is 0 Å². The first-order valence-electron chi connectivity index (χ1n) is 5.96. The molecule has 23 heavy (non-hydrogen) atoms. The van der Waals surface area contributed by atoms with Crippen molar-refractivity contribution in [3.05, 3.63) is 57.3 Å². The van der Waals surface area contributed by atoms with E-state index in [4.69, 9.17) is 23.2 Å². The Morgan fingerprint density at radius 1 is 0.783 bits per heavy atom. The predicted octanol–water partition coefficient (Wildman–Crippen LogP) is 6.84. The molecule has 0 saturated carbocycles. The SMILES string of the molecule is O=C1c2c(Br)c(Br)c(Br)c(Br)c2C(=O)N1c1cccc(Cl)c1Cl. The summed E-state index contributed by atoms with van der Waals surface area (Å²) >= 11 is 25.6. The minimum Gasteiger partial charge on any atom is -0.268 e. The number of halogens is 6. The van der Waals surface area contributed by atoms with Crippen LogP contribution >= 0.6 is 86.9 Å². The minimum absolute atomic E-state index is 0.147. The zero-order chi connectivity index (χ0) is 17.0. The van der Waals surface area contributed by atoms with Crippen molar-refractivity contribution < 1.29 is 9.59 Å². The number of carbonyl (C=O) groups is 2. The molecule has 1 aliphatic rings. The van der Waals surface area contributed by atoms with E-state index in [2.05, 4.69) is 63.7 Å². The molecular formula is C14H3Br4Cl2NO2. The van der Waals surface area contributed by atoms with E-state index in [0.717, 1.165) is 4.90 Å². The Kier molecular flexibility index (Phi) is 5.00. The summed E-state index contributed by atoms with van der Waals surface area (Å²) in [4.78, 5) is 26.7. The molecule has 2 aromatic rings. The topological polar surface area (TPSA) is 37.4 Å². The Balaban J connectivity index is 2.29. The number of nitrogens with zero attached hydrogens (tertiary/aromatic N) is 1. The van der Waals surface area contributed by atoms with Crippen LogP contribution in [0.1, 0.15) is 20.7 Å². The summed E-state index contributed by atoms with van der Waals surface area (Å²) in [5, 5.41) is 0.412. The molecule has 0 bridgehead atoms. The average molecular weight is 608 g/mol. The van der Waals surface area contributed by atoms with Crippen LogP contribution in [0.4, 0.5) is 5.69 Å². The van der Waals surface area contributed by atoms with E-state index in [0.29, 0.717) is 17.9 Å². The lowest BCUT2D eigenvalue weighted by Gasteiger charge is -2.16. The molecular weight excluding hydrogens is 605 g/mol. The van der Waals surface area contributed by atoms with Crippen LogP contribution in [0, 0.1) is 0 Å². The molecule has 3 rings (SSSR count). The van der Waals surface area contributed by atoms with E-state index in [9.17, 15) is 9.59 Å². The first-order chi connectivity index (χ1) is 10.8. The lowest BCUT2D eigenvalue weighted by atomic mass is 10.1. The van der Waals surface area contributed by atoms with E-state index in [-0.39, 0.29) is 26.9 Å². The van der Waals surface area contributed by atoms with E-state index < -0.39 is 11.8 Å². The molecule has 0 saturated heterocycles. The van der Waals surface area contributed by atoms with Crippen LogP contribution in [0.5, 0.6) is 0 Å². The molecule has 0 unspecified atom stereocenters. The van der Waals surface area contributed by atoms with Crippen molar-refractivity contribution >= 4 is 104 Å². The molecule has 1 aliphatic heterocycles. The average Bonchev–Trinajstić information content (AvgIpc) is 2.77. The van der Waals surface area contributed by atoms with Gasteiger partial charge in [-0.3, -0.25) is 9.59 Å². The monoisotopic (exact) mass is 603 g/mol. The molecule has 9 heteroatoms. The number of imide groups is 1. The van der Waals surface area contributed by atoms with Crippen molar-refractivity contribution in [3.8, 4) is 0 Å². The molecule has 0 fully saturated rings. The number of amides is 2. The van der Waals surface area contributed by atoms with Crippen molar-refractivity contribution in [1.82, 2.24) is 0 Å². The fraction of sp³-hybridized carbons (Fsp3) is 0. The van der Waals surface area contributed by atoms with Gasteiger partial charge in [-0.05, 0) is 75.9 Å². The van der Waals surface area contributed by atoms with Crippen molar-refractivity contribution in [1.29, 1.82) is 0 Å². The highest BCUT2D eigenvalue weighted by Crippen LogP contribution is 2.47. The quantitative estimate of drug-likeness (QED) is 0.202. The van der Waals surface area contributed by atoms with Crippen molar-refractivity contribution in [2.75, 3.05) is 4.90 Å². The van der Waals surface area contributed by atoms with Crippen LogP contribution in [0.25, 0.3) is 0 Å². The van der Waals surface area contributed by atoms with Gasteiger partial charge in [0.25, 0.3) is 11.8 Å². The fourth-order valence-corrected chi connectivity index (χ4v) is 5.07. The van der Waals surface area contributed by atoms with Gasteiger partial charge >= 0.3 is 0 Å². The van der Waals surface area contributed by atoms with Gasteiger partial charge < -0.3 is 0 Å². The lowest BCUT2D eigenvalue weighted by molar-refractivity contribution is 0.0926. The van der Waals surface area contributed by atoms with Crippen LogP contribution in [0.15, 0.2) is 36.1 Å². The summed E-state index contributed by atoms with van der Waals surface area (Å²) in [5.41, 5.74) is 0.761. The number of rotatable bonds is 1. The van der Waals surface area contributed by atoms with E-state index in [1.807, 2.05) is 0 Å². The first-order valence-corrected chi connectivity index (χ1v) is 9.88. The second-order valence-electron chi connectivity index (χ2n) is 4.52. The minimum atomic E-state index is -0.477. The maximum absolute atomic E-state index is 12.8. The summed E-state index contributed by atoms with van der Waals surface area (Å²) < 4.78 is 2.23. The second kappa shape index (κ2) is 6.42. The van der Waals surface area contributed by atoms with Gasteiger partial charge in [0, 0.05) is 17.9 Å². The van der Waals surface area contributed by atoms with Crippen LogP contribution in [-0.4, -0.2) is 11.8 Å². The Bertz CT molecular complexity index is 854. The summed E-state index contributed by atoms with van der Waals surface area (Å²) in [6, 6.07) is 4.79. The van der Waals surface area contributed by atoms with E-state index in [1.54, 1.807) is 18.2 Å². The highest BCUT2D eigenvalue weighted by molar-refractivity contribution is 9.15. The smallest absolute Gasteiger partial charge is 0.267 e. The zero-order valence-electron chi connectivity index (χ0n) is 10.8. The number of benzene rings is 2. The third-order valence-electron chi connectivity index (χ3n) is 3.27. The number of anilines is 1. The molecule has 0 N–H and O–H groups in total. The maximum Gasteiger partial charge on any atom is 0.267 e. The first kappa shape index (κ1) is 17.9. The lowest BCUT2D eigenvalue weighted by Crippen LogP contribution is -2.29. The van der Waals surface area contributed by atoms with Gasteiger partial charge in [0.2, 0.25) is 0 Å². The molecule has 2 aromatic carbocycles. The maximum atomic E-state index is 12.8. The van der Waals surface area contributed by atoms with Gasteiger partial charge in [-0.25, -0.2) is 4.90 Å². The summed E-state index contributed by atoms with van der Waals surface area (Å²) in [5.74, 6) is -0.954. The van der Waals surface area contributed by atoms with Gasteiger partial charge in [0.05, 0.1) is 26.9 Å². The molecule has 0 spiro atoms. The van der Waals surface area contributed by atoms with Gasteiger partial charge in [-0.15, -0.1) is 0 Å². The van der Waals surface area contributed by atoms with Gasteiger partial charge in [0.1, 0.15) is 0 Å². The Hall–Kier alpha value is 0.0800.